The van der Waals surface area contributed by atoms with E-state index in [-0.39, 0.29) is 16.1 Å². The second-order valence-corrected chi connectivity index (χ2v) is 11.4. The molecule has 0 unspecified atom stereocenters. The summed E-state index contributed by atoms with van der Waals surface area (Å²) in [6.45, 7) is 5.94. The lowest BCUT2D eigenvalue weighted by molar-refractivity contribution is -0.115. The van der Waals surface area contributed by atoms with E-state index in [9.17, 15) is 13.2 Å². The monoisotopic (exact) mass is 450 g/mol. The van der Waals surface area contributed by atoms with Crippen molar-refractivity contribution < 1.29 is 13.2 Å². The summed E-state index contributed by atoms with van der Waals surface area (Å²) in [4.78, 5) is 17.7. The van der Waals surface area contributed by atoms with Crippen molar-refractivity contribution in [3.8, 4) is 0 Å². The van der Waals surface area contributed by atoms with Gasteiger partial charge in [0.05, 0.1) is 15.8 Å². The molecule has 3 rings (SSSR count). The zero-order valence-corrected chi connectivity index (χ0v) is 19.8. The molecule has 1 fully saturated rings. The number of thioether (sulfide) groups is 1. The van der Waals surface area contributed by atoms with Crippen LogP contribution in [0.4, 0.5) is 5.69 Å². The fraction of sp³-hybridized carbons (Fsp3) is 0.524. The van der Waals surface area contributed by atoms with Gasteiger partial charge in [0, 0.05) is 31.5 Å². The Bertz CT molecular complexity index is 1020. The van der Waals surface area contributed by atoms with Gasteiger partial charge in [-0.25, -0.2) is 17.7 Å². The molecular weight excluding hydrogens is 420 g/mol. The van der Waals surface area contributed by atoms with E-state index in [0.29, 0.717) is 11.7 Å². The number of rotatable bonds is 7. The van der Waals surface area contributed by atoms with Gasteiger partial charge in [0.25, 0.3) is 0 Å². The van der Waals surface area contributed by atoms with Crippen LogP contribution < -0.4 is 5.32 Å². The number of aryl methyl sites for hydroxylation is 1. The number of imidazole rings is 1. The van der Waals surface area contributed by atoms with Crippen molar-refractivity contribution >= 4 is 33.4 Å². The molecule has 7 nitrogen and oxygen atoms in total. The van der Waals surface area contributed by atoms with Crippen molar-refractivity contribution in [1.82, 2.24) is 13.9 Å². The van der Waals surface area contributed by atoms with Gasteiger partial charge in [-0.2, -0.15) is 0 Å². The van der Waals surface area contributed by atoms with Crippen molar-refractivity contribution in [3.63, 3.8) is 0 Å². The Morgan fingerprint density at radius 1 is 1.27 bits per heavy atom. The molecule has 1 aromatic carbocycles. The minimum Gasteiger partial charge on any atom is -0.325 e. The van der Waals surface area contributed by atoms with Crippen LogP contribution >= 0.6 is 11.8 Å². The molecule has 1 amide bonds. The third-order valence-corrected chi connectivity index (χ3v) is 8.45. The Balaban J connectivity index is 1.74. The number of carbonyl (C=O) groups excluding carboxylic acids is 1. The van der Waals surface area contributed by atoms with Gasteiger partial charge in [0.1, 0.15) is 0 Å². The molecule has 0 spiro atoms. The average Bonchev–Trinajstić information content (AvgIpc) is 3.30. The summed E-state index contributed by atoms with van der Waals surface area (Å²) in [7, 11) is -0.594. The molecule has 1 atom stereocenters. The lowest BCUT2D eigenvalue weighted by atomic mass is 10.2. The van der Waals surface area contributed by atoms with Crippen molar-refractivity contribution in [2.24, 2.45) is 0 Å². The number of amides is 1. The molecule has 1 heterocycles. The van der Waals surface area contributed by atoms with Crippen LogP contribution in [0.3, 0.4) is 0 Å². The molecule has 9 heteroatoms. The summed E-state index contributed by atoms with van der Waals surface area (Å²) in [5, 5.41) is 3.35. The molecule has 1 saturated carbocycles. The highest BCUT2D eigenvalue weighted by Gasteiger charge is 2.26. The summed E-state index contributed by atoms with van der Waals surface area (Å²) < 4.78 is 28.1. The number of carbonyl (C=O) groups is 1. The molecule has 30 heavy (non-hydrogen) atoms. The Hall–Kier alpha value is -1.84. The summed E-state index contributed by atoms with van der Waals surface area (Å²) in [6, 6.07) is 6.78. The van der Waals surface area contributed by atoms with E-state index in [1.54, 1.807) is 12.1 Å². The maximum Gasteiger partial charge on any atom is 0.242 e. The number of sulfonamides is 1. The lowest BCUT2D eigenvalue weighted by Crippen LogP contribution is -2.24. The maximum absolute atomic E-state index is 12.8. The van der Waals surface area contributed by atoms with Crippen LogP contribution in [-0.4, -0.2) is 47.5 Å². The Labute approximate surface area is 183 Å². The fourth-order valence-corrected chi connectivity index (χ4v) is 5.69. The second kappa shape index (κ2) is 9.11. The maximum atomic E-state index is 12.8. The summed E-state index contributed by atoms with van der Waals surface area (Å²) in [6.07, 6.45) is 4.76. The largest absolute Gasteiger partial charge is 0.325 e. The smallest absolute Gasteiger partial charge is 0.242 e. The van der Waals surface area contributed by atoms with Crippen molar-refractivity contribution in [3.05, 3.63) is 35.7 Å². The van der Waals surface area contributed by atoms with Crippen LogP contribution in [0.5, 0.6) is 0 Å². The fourth-order valence-electron chi connectivity index (χ4n) is 3.67. The molecule has 1 aliphatic rings. The average molecular weight is 451 g/mol. The van der Waals surface area contributed by atoms with Crippen LogP contribution in [0.2, 0.25) is 0 Å². The molecule has 0 saturated heterocycles. The molecule has 164 valence electrons. The minimum absolute atomic E-state index is 0.147. The van der Waals surface area contributed by atoms with Gasteiger partial charge in [-0.05, 0) is 51.8 Å². The van der Waals surface area contributed by atoms with Gasteiger partial charge in [-0.15, -0.1) is 0 Å². The first-order valence-electron chi connectivity index (χ1n) is 10.2. The lowest BCUT2D eigenvalue weighted by Gasteiger charge is -2.19. The first kappa shape index (κ1) is 22.8. The van der Waals surface area contributed by atoms with Crippen LogP contribution in [0.15, 0.2) is 34.3 Å². The zero-order chi connectivity index (χ0) is 22.1. The van der Waals surface area contributed by atoms with Crippen LogP contribution in [-0.2, 0) is 14.8 Å². The third kappa shape index (κ3) is 4.73. The number of hydrogen-bond donors (Lipinski definition) is 1. The summed E-state index contributed by atoms with van der Waals surface area (Å²) in [5.74, 6) is -0.185. The van der Waals surface area contributed by atoms with E-state index < -0.39 is 10.0 Å². The standard InChI is InChI=1S/C21H30N4O3S2/c1-14-15(2)25(18-10-6-7-11-18)21(22-14)29-16(3)20(26)23-17-9-8-12-19(13-17)30(27,28)24(4)5/h8-9,12-13,16,18H,6-7,10-11H2,1-5H3,(H,23,26)/t16-/m1/s1. The van der Waals surface area contributed by atoms with E-state index in [4.69, 9.17) is 4.98 Å². The molecule has 0 bridgehead atoms. The predicted molar refractivity (Wildman–Crippen MR) is 120 cm³/mol. The van der Waals surface area contributed by atoms with Gasteiger partial charge in [-0.3, -0.25) is 4.79 Å². The number of nitrogens with one attached hydrogen (secondary N) is 1. The minimum atomic E-state index is -3.56. The molecule has 1 N–H and O–H groups in total. The van der Waals surface area contributed by atoms with E-state index in [2.05, 4.69) is 16.8 Å². The quantitative estimate of drug-likeness (QED) is 0.645. The first-order chi connectivity index (χ1) is 14.1. The number of anilines is 1. The molecular formula is C21H30N4O3S2. The van der Waals surface area contributed by atoms with Crippen LogP contribution in [0, 0.1) is 13.8 Å². The Morgan fingerprint density at radius 2 is 1.93 bits per heavy atom. The van der Waals surface area contributed by atoms with Crippen LogP contribution in [0.1, 0.15) is 50.0 Å². The van der Waals surface area contributed by atoms with Crippen molar-refractivity contribution in [1.29, 1.82) is 0 Å². The van der Waals surface area contributed by atoms with Crippen molar-refractivity contribution in [2.45, 2.75) is 67.8 Å². The van der Waals surface area contributed by atoms with E-state index >= 15 is 0 Å². The Kier molecular flexibility index (Phi) is 6.94. The summed E-state index contributed by atoms with van der Waals surface area (Å²) in [5.41, 5.74) is 2.62. The number of aromatic nitrogens is 2. The predicted octanol–water partition coefficient (Wildman–Crippen LogP) is 3.98. The van der Waals surface area contributed by atoms with Gasteiger partial charge in [0.2, 0.25) is 15.9 Å². The van der Waals surface area contributed by atoms with Gasteiger partial charge >= 0.3 is 0 Å². The topological polar surface area (TPSA) is 84.3 Å². The first-order valence-corrected chi connectivity index (χ1v) is 12.5. The molecule has 1 aromatic heterocycles. The molecule has 2 aromatic rings. The number of hydrogen-bond acceptors (Lipinski definition) is 5. The summed E-state index contributed by atoms with van der Waals surface area (Å²) >= 11 is 1.45. The SMILES string of the molecule is Cc1nc(S[C@H](C)C(=O)Nc2cccc(S(=O)(=O)N(C)C)c2)n(C2CCCC2)c1C. The highest BCUT2D eigenvalue weighted by Crippen LogP contribution is 2.36. The number of nitrogens with zero attached hydrogens (tertiary/aromatic N) is 3. The van der Waals surface area contributed by atoms with E-state index in [0.717, 1.165) is 28.0 Å². The van der Waals surface area contributed by atoms with Gasteiger partial charge in [-0.1, -0.05) is 30.7 Å². The van der Waals surface area contributed by atoms with Crippen molar-refractivity contribution in [2.75, 3.05) is 19.4 Å². The highest BCUT2D eigenvalue weighted by atomic mass is 32.2. The van der Waals surface area contributed by atoms with Gasteiger partial charge in [0.15, 0.2) is 5.16 Å². The normalized spacial score (nSPS) is 16.2. The zero-order valence-electron chi connectivity index (χ0n) is 18.2. The van der Waals surface area contributed by atoms with E-state index in [1.165, 1.54) is 56.5 Å². The third-order valence-electron chi connectivity index (χ3n) is 5.58. The molecule has 1 aliphatic carbocycles. The highest BCUT2D eigenvalue weighted by molar-refractivity contribution is 8.00. The molecule has 0 radical (unpaired) electrons. The van der Waals surface area contributed by atoms with Crippen LogP contribution in [0.25, 0.3) is 0 Å². The Morgan fingerprint density at radius 3 is 2.57 bits per heavy atom. The molecule has 0 aliphatic heterocycles. The second-order valence-electron chi connectivity index (χ2n) is 7.94. The van der Waals surface area contributed by atoms with E-state index in [1.807, 2.05) is 13.8 Å². The number of benzene rings is 1. The van der Waals surface area contributed by atoms with Gasteiger partial charge < -0.3 is 9.88 Å².